The first-order valence-corrected chi connectivity index (χ1v) is 7.07. The molecule has 16 heavy (non-hydrogen) atoms. The van der Waals surface area contributed by atoms with E-state index in [1.807, 2.05) is 0 Å². The molecule has 0 radical (unpaired) electrons. The molecule has 1 unspecified atom stereocenters. The zero-order chi connectivity index (χ0) is 12.2. The maximum Gasteiger partial charge on any atom is 0.330 e. The number of nitrogens with one attached hydrogen (secondary N) is 1. The van der Waals surface area contributed by atoms with Crippen molar-refractivity contribution < 1.29 is 18.3 Å². The number of rotatable bonds is 4. The van der Waals surface area contributed by atoms with E-state index in [-0.39, 0.29) is 23.1 Å². The van der Waals surface area contributed by atoms with Crippen LogP contribution in [0.15, 0.2) is 11.6 Å². The molecule has 1 aliphatic rings. The second-order valence-corrected chi connectivity index (χ2v) is 6.28. The Labute approximate surface area is 95.5 Å². The highest BCUT2D eigenvalue weighted by atomic mass is 32.2. The van der Waals surface area contributed by atoms with Gasteiger partial charge in [0.2, 0.25) is 0 Å². The van der Waals surface area contributed by atoms with Gasteiger partial charge in [0.05, 0.1) is 11.5 Å². The molecular weight excluding hydrogens is 230 g/mol. The first kappa shape index (κ1) is 13.2. The van der Waals surface area contributed by atoms with Gasteiger partial charge < -0.3 is 10.4 Å². The van der Waals surface area contributed by atoms with Crippen molar-refractivity contribution >= 4 is 15.8 Å². The van der Waals surface area contributed by atoms with Crippen LogP contribution in [0.4, 0.5) is 0 Å². The van der Waals surface area contributed by atoms with E-state index in [0.29, 0.717) is 13.0 Å². The molecule has 5 nitrogen and oxygen atoms in total. The van der Waals surface area contributed by atoms with Crippen LogP contribution in [0.1, 0.15) is 19.8 Å². The fourth-order valence-electron chi connectivity index (χ4n) is 1.65. The van der Waals surface area contributed by atoms with Gasteiger partial charge in [-0.15, -0.1) is 0 Å². The van der Waals surface area contributed by atoms with Gasteiger partial charge in [0, 0.05) is 18.2 Å². The molecule has 1 rings (SSSR count). The molecule has 1 heterocycles. The average Bonchev–Trinajstić information content (AvgIpc) is 2.15. The van der Waals surface area contributed by atoms with Crippen molar-refractivity contribution in [1.29, 1.82) is 0 Å². The Morgan fingerprint density at radius 2 is 2.25 bits per heavy atom. The van der Waals surface area contributed by atoms with Crippen molar-refractivity contribution in [1.82, 2.24) is 5.32 Å². The maximum absolute atomic E-state index is 11.3. The van der Waals surface area contributed by atoms with Gasteiger partial charge >= 0.3 is 5.97 Å². The number of aliphatic carboxylic acids is 1. The Morgan fingerprint density at radius 3 is 2.81 bits per heavy atom. The van der Waals surface area contributed by atoms with Crippen molar-refractivity contribution in [2.24, 2.45) is 0 Å². The van der Waals surface area contributed by atoms with E-state index in [1.54, 1.807) is 6.08 Å². The standard InChI is InChI=1S/C10H17NO4S/c1-8(10(12)13)4-5-11-9-3-2-6-16(14,15)7-9/h4,9,11H,2-3,5-7H2,1H3,(H,12,13). The van der Waals surface area contributed by atoms with E-state index in [0.717, 1.165) is 6.42 Å². The first-order valence-electron chi connectivity index (χ1n) is 5.24. The summed E-state index contributed by atoms with van der Waals surface area (Å²) < 4.78 is 22.6. The van der Waals surface area contributed by atoms with E-state index in [1.165, 1.54) is 6.92 Å². The third-order valence-electron chi connectivity index (χ3n) is 2.62. The summed E-state index contributed by atoms with van der Waals surface area (Å²) >= 11 is 0. The molecule has 1 fully saturated rings. The minimum absolute atomic E-state index is 0.0448. The van der Waals surface area contributed by atoms with Gasteiger partial charge in [-0.1, -0.05) is 6.08 Å². The maximum atomic E-state index is 11.3. The van der Waals surface area contributed by atoms with Crippen molar-refractivity contribution in [3.8, 4) is 0 Å². The summed E-state index contributed by atoms with van der Waals surface area (Å²) in [5.41, 5.74) is 0.270. The Kier molecular flexibility index (Phi) is 4.49. The van der Waals surface area contributed by atoms with E-state index >= 15 is 0 Å². The summed E-state index contributed by atoms with van der Waals surface area (Å²) in [6.07, 6.45) is 3.07. The smallest absolute Gasteiger partial charge is 0.330 e. The molecule has 0 aromatic heterocycles. The summed E-state index contributed by atoms with van der Waals surface area (Å²) in [6, 6.07) is -0.0448. The normalized spacial score (nSPS) is 25.3. The Hall–Kier alpha value is -0.880. The SMILES string of the molecule is CC(=CCNC1CCCS(=O)(=O)C1)C(=O)O. The van der Waals surface area contributed by atoms with Crippen LogP contribution in [0, 0.1) is 0 Å². The van der Waals surface area contributed by atoms with Crippen LogP contribution in [-0.4, -0.2) is 43.6 Å². The molecule has 1 aliphatic heterocycles. The van der Waals surface area contributed by atoms with Gasteiger partial charge in [-0.3, -0.25) is 0 Å². The molecule has 6 heteroatoms. The second kappa shape index (κ2) is 5.45. The fourth-order valence-corrected chi connectivity index (χ4v) is 3.32. The van der Waals surface area contributed by atoms with Crippen LogP contribution in [-0.2, 0) is 14.6 Å². The highest BCUT2D eigenvalue weighted by molar-refractivity contribution is 7.91. The predicted octanol–water partition coefficient (Wildman–Crippen LogP) is 0.184. The van der Waals surface area contributed by atoms with Gasteiger partial charge in [-0.2, -0.15) is 0 Å². The lowest BCUT2D eigenvalue weighted by atomic mass is 10.2. The zero-order valence-electron chi connectivity index (χ0n) is 9.27. The Balaban J connectivity index is 2.39. The highest BCUT2D eigenvalue weighted by Crippen LogP contribution is 2.11. The molecular formula is C10H17NO4S. The molecule has 0 aliphatic carbocycles. The fraction of sp³-hybridized carbons (Fsp3) is 0.700. The molecule has 92 valence electrons. The Morgan fingerprint density at radius 1 is 1.56 bits per heavy atom. The van der Waals surface area contributed by atoms with Gasteiger partial charge in [0.25, 0.3) is 0 Å². The molecule has 0 aromatic carbocycles. The van der Waals surface area contributed by atoms with Gasteiger partial charge in [-0.25, -0.2) is 13.2 Å². The van der Waals surface area contributed by atoms with Crippen molar-refractivity contribution in [3.63, 3.8) is 0 Å². The minimum Gasteiger partial charge on any atom is -0.478 e. The molecule has 2 N–H and O–H groups in total. The van der Waals surface area contributed by atoms with Crippen LogP contribution in [0.2, 0.25) is 0 Å². The van der Waals surface area contributed by atoms with Gasteiger partial charge in [0.15, 0.2) is 9.84 Å². The van der Waals surface area contributed by atoms with Crippen LogP contribution >= 0.6 is 0 Å². The summed E-state index contributed by atoms with van der Waals surface area (Å²) in [5.74, 6) is -0.514. The zero-order valence-corrected chi connectivity index (χ0v) is 10.1. The second-order valence-electron chi connectivity index (χ2n) is 4.05. The van der Waals surface area contributed by atoms with Gasteiger partial charge in [0.1, 0.15) is 0 Å². The third-order valence-corrected chi connectivity index (χ3v) is 4.44. The molecule has 0 saturated carbocycles. The molecule has 1 saturated heterocycles. The molecule has 0 amide bonds. The lowest BCUT2D eigenvalue weighted by molar-refractivity contribution is -0.132. The molecule has 0 spiro atoms. The van der Waals surface area contributed by atoms with Crippen molar-refractivity contribution in [3.05, 3.63) is 11.6 Å². The first-order chi connectivity index (χ1) is 7.41. The third kappa shape index (κ3) is 4.32. The lowest BCUT2D eigenvalue weighted by Crippen LogP contribution is -2.40. The summed E-state index contributed by atoms with van der Waals surface area (Å²) in [6.45, 7) is 1.92. The Bertz CT molecular complexity index is 386. The molecule has 0 aromatic rings. The average molecular weight is 247 g/mol. The number of hydrogen-bond donors (Lipinski definition) is 2. The number of carboxylic acids is 1. The number of carboxylic acid groups (broad SMARTS) is 1. The highest BCUT2D eigenvalue weighted by Gasteiger charge is 2.23. The van der Waals surface area contributed by atoms with E-state index in [9.17, 15) is 13.2 Å². The van der Waals surface area contributed by atoms with Crippen molar-refractivity contribution in [2.45, 2.75) is 25.8 Å². The summed E-state index contributed by atoms with van der Waals surface area (Å²) in [7, 11) is -2.90. The van der Waals surface area contributed by atoms with Crippen LogP contribution in [0.25, 0.3) is 0 Å². The molecule has 0 bridgehead atoms. The number of carbonyl (C=O) groups is 1. The van der Waals surface area contributed by atoms with Gasteiger partial charge in [-0.05, 0) is 19.8 Å². The van der Waals surface area contributed by atoms with Crippen LogP contribution in [0.3, 0.4) is 0 Å². The molecule has 1 atom stereocenters. The minimum atomic E-state index is -2.90. The van der Waals surface area contributed by atoms with Crippen LogP contribution in [0.5, 0.6) is 0 Å². The number of sulfone groups is 1. The topological polar surface area (TPSA) is 83.5 Å². The number of hydrogen-bond acceptors (Lipinski definition) is 4. The van der Waals surface area contributed by atoms with E-state index < -0.39 is 15.8 Å². The lowest BCUT2D eigenvalue weighted by Gasteiger charge is -2.22. The van der Waals surface area contributed by atoms with Crippen LogP contribution < -0.4 is 5.32 Å². The summed E-state index contributed by atoms with van der Waals surface area (Å²) in [5, 5.41) is 11.7. The quantitative estimate of drug-likeness (QED) is 0.693. The predicted molar refractivity (Wildman–Crippen MR) is 61.1 cm³/mol. The van der Waals surface area contributed by atoms with E-state index in [2.05, 4.69) is 5.32 Å². The summed E-state index contributed by atoms with van der Waals surface area (Å²) in [4.78, 5) is 10.5. The van der Waals surface area contributed by atoms with E-state index in [4.69, 9.17) is 5.11 Å². The monoisotopic (exact) mass is 247 g/mol. The largest absolute Gasteiger partial charge is 0.478 e. The van der Waals surface area contributed by atoms with Crippen molar-refractivity contribution in [2.75, 3.05) is 18.1 Å².